The van der Waals surface area contributed by atoms with E-state index in [2.05, 4.69) is 27.0 Å². The van der Waals surface area contributed by atoms with E-state index >= 15 is 0 Å². The molecule has 3 aliphatic rings. The minimum Gasteiger partial charge on any atom is -0.312 e. The fourth-order valence-corrected chi connectivity index (χ4v) is 3.86. The molecule has 0 radical (unpaired) electrons. The molecule has 18 heavy (non-hydrogen) atoms. The third kappa shape index (κ3) is 2.59. The highest BCUT2D eigenvalue weighted by Gasteiger charge is 2.36. The van der Waals surface area contributed by atoms with Crippen LogP contribution in [0.25, 0.3) is 0 Å². The monoisotopic (exact) mass is 266 g/mol. The number of likely N-dealkylation sites (N-methyl/N-ethyl adjacent to an activating group) is 1. The van der Waals surface area contributed by atoms with Gasteiger partial charge in [0.2, 0.25) is 0 Å². The van der Waals surface area contributed by atoms with Crippen LogP contribution in [0, 0.1) is 0 Å². The Morgan fingerprint density at radius 2 is 2.28 bits per heavy atom. The second kappa shape index (κ2) is 5.65. The van der Waals surface area contributed by atoms with E-state index in [1.54, 1.807) is 11.3 Å². The number of rotatable bonds is 5. The lowest BCUT2D eigenvalue weighted by Gasteiger charge is -2.50. The molecule has 0 spiro atoms. The molecule has 0 aromatic carbocycles. The molecule has 2 unspecified atom stereocenters. The first-order chi connectivity index (χ1) is 8.86. The Kier molecular flexibility index (Phi) is 3.94. The van der Waals surface area contributed by atoms with Crippen molar-refractivity contribution in [2.24, 2.45) is 0 Å². The molecule has 0 aliphatic carbocycles. The van der Waals surface area contributed by atoms with Crippen molar-refractivity contribution < 1.29 is 0 Å². The molecule has 1 aromatic heterocycles. The average Bonchev–Trinajstić information content (AvgIpc) is 2.92. The summed E-state index contributed by atoms with van der Waals surface area (Å²) in [6, 6.07) is 1.24. The van der Waals surface area contributed by atoms with E-state index in [0.717, 1.165) is 13.0 Å². The van der Waals surface area contributed by atoms with Crippen LogP contribution in [-0.2, 0) is 6.42 Å². The zero-order chi connectivity index (χ0) is 12.4. The Labute approximate surface area is 113 Å². The molecule has 0 saturated carbocycles. The number of hydrogen-bond donors (Lipinski definition) is 1. The molecule has 2 atom stereocenters. The molecule has 4 rings (SSSR count). The average molecular weight is 266 g/mol. The van der Waals surface area contributed by atoms with Gasteiger partial charge in [-0.2, -0.15) is 0 Å². The molecule has 3 saturated heterocycles. The van der Waals surface area contributed by atoms with Crippen LogP contribution in [0.4, 0.5) is 0 Å². The molecule has 100 valence electrons. The predicted octanol–water partition coefficient (Wildman–Crippen LogP) is 0.663. The van der Waals surface area contributed by atoms with E-state index in [4.69, 9.17) is 0 Å². The first kappa shape index (κ1) is 12.5. The van der Waals surface area contributed by atoms with Crippen LogP contribution in [-0.4, -0.2) is 66.1 Å². The smallest absolute Gasteiger partial charge is 0.0794 e. The first-order valence-electron chi connectivity index (χ1n) is 6.94. The minimum atomic E-state index is 0.568. The van der Waals surface area contributed by atoms with Gasteiger partial charge in [-0.05, 0) is 6.54 Å². The number of hydrogen-bond acceptors (Lipinski definition) is 5. The van der Waals surface area contributed by atoms with E-state index in [0.29, 0.717) is 12.1 Å². The summed E-state index contributed by atoms with van der Waals surface area (Å²) in [6.45, 7) is 9.50. The second-order valence-corrected chi connectivity index (χ2v) is 6.21. The Morgan fingerprint density at radius 1 is 1.44 bits per heavy atom. The van der Waals surface area contributed by atoms with Gasteiger partial charge < -0.3 is 5.32 Å². The fraction of sp³-hybridized carbons (Fsp3) is 0.769. The molecule has 0 amide bonds. The maximum Gasteiger partial charge on any atom is 0.0794 e. The molecule has 1 N–H and O–H groups in total. The lowest BCUT2D eigenvalue weighted by atomic mass is 9.97. The highest BCUT2D eigenvalue weighted by atomic mass is 32.1. The molecule has 1 aromatic rings. The quantitative estimate of drug-likeness (QED) is 0.848. The third-order valence-corrected chi connectivity index (χ3v) is 4.96. The van der Waals surface area contributed by atoms with E-state index in [1.165, 1.54) is 37.6 Å². The highest BCUT2D eigenvalue weighted by molar-refractivity contribution is 7.09. The zero-order valence-electron chi connectivity index (χ0n) is 11.0. The lowest BCUT2D eigenvalue weighted by Crippen LogP contribution is -2.66. The topological polar surface area (TPSA) is 31.4 Å². The van der Waals surface area contributed by atoms with Crippen molar-refractivity contribution in [3.05, 3.63) is 16.6 Å². The number of thiazole rings is 1. The van der Waals surface area contributed by atoms with Gasteiger partial charge in [0.25, 0.3) is 0 Å². The van der Waals surface area contributed by atoms with Crippen molar-refractivity contribution in [3.8, 4) is 0 Å². The SMILES string of the molecule is CCNC(Cc1cncs1)C1CN2CCN1CC2. The normalized spacial score (nSPS) is 32.6. The largest absolute Gasteiger partial charge is 0.312 e. The van der Waals surface area contributed by atoms with Crippen LogP contribution < -0.4 is 5.32 Å². The molecule has 5 heteroatoms. The van der Waals surface area contributed by atoms with Gasteiger partial charge in [0.05, 0.1) is 5.51 Å². The van der Waals surface area contributed by atoms with E-state index in [1.807, 2.05) is 11.7 Å². The van der Waals surface area contributed by atoms with Crippen LogP contribution in [0.2, 0.25) is 0 Å². The summed E-state index contributed by atoms with van der Waals surface area (Å²) in [5, 5.41) is 3.69. The standard InChI is InChI=1S/C13H22N4S/c1-2-15-12(7-11-8-14-10-18-11)13-9-16-3-5-17(13)6-4-16/h8,10,12-13,15H,2-7,9H2,1H3. The summed E-state index contributed by atoms with van der Waals surface area (Å²) in [5.74, 6) is 0. The van der Waals surface area contributed by atoms with Gasteiger partial charge in [0, 0.05) is 62.3 Å². The number of nitrogens with zero attached hydrogens (tertiary/aromatic N) is 3. The maximum atomic E-state index is 4.20. The summed E-state index contributed by atoms with van der Waals surface area (Å²) in [4.78, 5) is 10.9. The van der Waals surface area contributed by atoms with E-state index < -0.39 is 0 Å². The molecular weight excluding hydrogens is 244 g/mol. The maximum absolute atomic E-state index is 4.20. The first-order valence-corrected chi connectivity index (χ1v) is 7.82. The van der Waals surface area contributed by atoms with Crippen molar-refractivity contribution >= 4 is 11.3 Å². The van der Waals surface area contributed by atoms with E-state index in [-0.39, 0.29) is 0 Å². The molecule has 2 bridgehead atoms. The number of aromatic nitrogens is 1. The summed E-state index contributed by atoms with van der Waals surface area (Å²) < 4.78 is 0. The summed E-state index contributed by atoms with van der Waals surface area (Å²) in [6.07, 6.45) is 3.14. The minimum absolute atomic E-state index is 0.568. The van der Waals surface area contributed by atoms with Gasteiger partial charge in [-0.25, -0.2) is 0 Å². The van der Waals surface area contributed by atoms with Crippen molar-refractivity contribution in [1.82, 2.24) is 20.1 Å². The Balaban J connectivity index is 1.69. The molecular formula is C13H22N4S. The van der Waals surface area contributed by atoms with Crippen molar-refractivity contribution in [1.29, 1.82) is 0 Å². The van der Waals surface area contributed by atoms with Crippen molar-refractivity contribution in [3.63, 3.8) is 0 Å². The molecule has 3 fully saturated rings. The van der Waals surface area contributed by atoms with Crippen LogP contribution in [0.15, 0.2) is 11.7 Å². The van der Waals surface area contributed by atoms with Crippen molar-refractivity contribution in [2.45, 2.75) is 25.4 Å². The Bertz CT molecular complexity index is 359. The molecule has 4 nitrogen and oxygen atoms in total. The van der Waals surface area contributed by atoms with Crippen LogP contribution >= 0.6 is 11.3 Å². The summed E-state index contributed by atoms with van der Waals surface area (Å²) in [7, 11) is 0. The number of fused-ring (bicyclic) bond motifs is 3. The van der Waals surface area contributed by atoms with Crippen LogP contribution in [0.5, 0.6) is 0 Å². The number of nitrogens with one attached hydrogen (secondary N) is 1. The highest BCUT2D eigenvalue weighted by Crippen LogP contribution is 2.21. The Morgan fingerprint density at radius 3 is 2.83 bits per heavy atom. The van der Waals surface area contributed by atoms with E-state index in [9.17, 15) is 0 Å². The van der Waals surface area contributed by atoms with Gasteiger partial charge in [0.15, 0.2) is 0 Å². The lowest BCUT2D eigenvalue weighted by molar-refractivity contribution is -0.00278. The van der Waals surface area contributed by atoms with Gasteiger partial charge >= 0.3 is 0 Å². The van der Waals surface area contributed by atoms with Crippen LogP contribution in [0.3, 0.4) is 0 Å². The van der Waals surface area contributed by atoms with Crippen LogP contribution in [0.1, 0.15) is 11.8 Å². The number of piperazine rings is 3. The van der Waals surface area contributed by atoms with Gasteiger partial charge in [-0.1, -0.05) is 6.92 Å². The summed E-state index contributed by atoms with van der Waals surface area (Å²) in [5.41, 5.74) is 1.94. The predicted molar refractivity (Wildman–Crippen MR) is 75.1 cm³/mol. The van der Waals surface area contributed by atoms with Gasteiger partial charge in [0.1, 0.15) is 0 Å². The molecule has 4 heterocycles. The summed E-state index contributed by atoms with van der Waals surface area (Å²) >= 11 is 1.78. The third-order valence-electron chi connectivity index (χ3n) is 4.16. The second-order valence-electron chi connectivity index (χ2n) is 5.24. The molecule has 3 aliphatic heterocycles. The Hall–Kier alpha value is -0.490. The van der Waals surface area contributed by atoms with Gasteiger partial charge in [-0.3, -0.25) is 14.8 Å². The fourth-order valence-electron chi connectivity index (χ4n) is 3.21. The van der Waals surface area contributed by atoms with Crippen molar-refractivity contribution in [2.75, 3.05) is 39.3 Å². The van der Waals surface area contributed by atoms with Gasteiger partial charge in [-0.15, -0.1) is 11.3 Å². The zero-order valence-corrected chi connectivity index (χ0v) is 11.8.